The fourth-order valence-corrected chi connectivity index (χ4v) is 2.62. The van der Waals surface area contributed by atoms with E-state index in [1.54, 1.807) is 0 Å². The molecule has 17 heavy (non-hydrogen) atoms. The van der Waals surface area contributed by atoms with Gasteiger partial charge in [0.1, 0.15) is 0 Å². The predicted octanol–water partition coefficient (Wildman–Crippen LogP) is 0.960. The van der Waals surface area contributed by atoms with Gasteiger partial charge in [-0.2, -0.15) is 0 Å². The summed E-state index contributed by atoms with van der Waals surface area (Å²) in [5.41, 5.74) is 5.77. The number of nitrogens with one attached hydrogen (secondary N) is 1. The second-order valence-electron chi connectivity index (χ2n) is 5.12. The molecule has 0 aliphatic carbocycles. The molecule has 1 amide bonds. The third-order valence-corrected chi connectivity index (χ3v) is 3.94. The highest BCUT2D eigenvalue weighted by atomic mass is 16.2. The molecule has 0 saturated carbocycles. The van der Waals surface area contributed by atoms with Gasteiger partial charge in [0.2, 0.25) is 5.91 Å². The molecular weight excluding hydrogens is 214 g/mol. The van der Waals surface area contributed by atoms with Gasteiger partial charge in [-0.1, -0.05) is 20.8 Å². The molecule has 1 aliphatic rings. The van der Waals surface area contributed by atoms with E-state index in [0.29, 0.717) is 31.1 Å². The van der Waals surface area contributed by atoms with E-state index in [1.165, 1.54) is 0 Å². The molecule has 1 rings (SSSR count). The minimum absolute atomic E-state index is 0.145. The van der Waals surface area contributed by atoms with Gasteiger partial charge in [-0.25, -0.2) is 0 Å². The lowest BCUT2D eigenvalue weighted by Gasteiger charge is -2.25. The Morgan fingerprint density at radius 2 is 2.12 bits per heavy atom. The molecule has 0 radical (unpaired) electrons. The summed E-state index contributed by atoms with van der Waals surface area (Å²) in [6.07, 6.45) is 3.15. The van der Waals surface area contributed by atoms with Crippen molar-refractivity contribution in [1.29, 1.82) is 0 Å². The van der Waals surface area contributed by atoms with E-state index in [9.17, 15) is 4.79 Å². The zero-order chi connectivity index (χ0) is 12.8. The monoisotopic (exact) mass is 241 g/mol. The molecule has 0 aromatic carbocycles. The maximum absolute atomic E-state index is 11.9. The van der Waals surface area contributed by atoms with Crippen LogP contribution in [0.3, 0.4) is 0 Å². The molecule has 1 aliphatic heterocycles. The minimum Gasteiger partial charge on any atom is -0.352 e. The van der Waals surface area contributed by atoms with Gasteiger partial charge in [0.15, 0.2) is 0 Å². The van der Waals surface area contributed by atoms with Crippen molar-refractivity contribution in [3.05, 3.63) is 0 Å². The average molecular weight is 241 g/mol. The molecule has 2 atom stereocenters. The predicted molar refractivity (Wildman–Crippen MR) is 70.7 cm³/mol. The van der Waals surface area contributed by atoms with Crippen molar-refractivity contribution in [1.82, 2.24) is 10.2 Å². The first-order valence-electron chi connectivity index (χ1n) is 6.85. The molecule has 2 unspecified atom stereocenters. The van der Waals surface area contributed by atoms with Crippen LogP contribution in [0.1, 0.15) is 40.0 Å². The molecule has 100 valence electrons. The average Bonchev–Trinajstić information content (AvgIpc) is 2.66. The van der Waals surface area contributed by atoms with Gasteiger partial charge in [0.05, 0.1) is 6.54 Å². The summed E-state index contributed by atoms with van der Waals surface area (Å²) in [5, 5.41) is 3.08. The second kappa shape index (κ2) is 6.97. The van der Waals surface area contributed by atoms with Crippen molar-refractivity contribution in [2.24, 2.45) is 11.7 Å². The van der Waals surface area contributed by atoms with Crippen LogP contribution >= 0.6 is 0 Å². The van der Waals surface area contributed by atoms with Crippen LogP contribution in [0.25, 0.3) is 0 Å². The fraction of sp³-hybridized carbons (Fsp3) is 0.923. The first-order valence-corrected chi connectivity index (χ1v) is 6.85. The van der Waals surface area contributed by atoms with Crippen LogP contribution in [0, 0.1) is 5.92 Å². The molecular formula is C13H27N3O. The van der Waals surface area contributed by atoms with Gasteiger partial charge in [-0.15, -0.1) is 0 Å². The summed E-state index contributed by atoms with van der Waals surface area (Å²) in [6, 6.07) is 0.696. The number of nitrogens with zero attached hydrogens (tertiary/aromatic N) is 1. The van der Waals surface area contributed by atoms with E-state index in [0.717, 1.165) is 25.8 Å². The van der Waals surface area contributed by atoms with Crippen LogP contribution in [0.15, 0.2) is 0 Å². The number of amides is 1. The molecule has 0 spiro atoms. The van der Waals surface area contributed by atoms with E-state index >= 15 is 0 Å². The highest BCUT2D eigenvalue weighted by Gasteiger charge is 2.31. The Balaban J connectivity index is 2.40. The zero-order valence-electron chi connectivity index (χ0n) is 11.4. The quantitative estimate of drug-likeness (QED) is 0.728. The molecule has 1 saturated heterocycles. The first kappa shape index (κ1) is 14.5. The number of carbonyl (C=O) groups excluding carboxylic acids is 1. The number of carbonyl (C=O) groups is 1. The van der Waals surface area contributed by atoms with Crippen LogP contribution in [-0.2, 0) is 4.79 Å². The molecule has 0 aromatic rings. The number of nitrogens with two attached hydrogens (primary N) is 1. The van der Waals surface area contributed by atoms with E-state index in [1.807, 2.05) is 0 Å². The molecule has 3 N–H and O–H groups in total. The summed E-state index contributed by atoms with van der Waals surface area (Å²) in [6.45, 7) is 8.59. The van der Waals surface area contributed by atoms with Crippen molar-refractivity contribution in [3.8, 4) is 0 Å². The standard InChI is InChI=1S/C13H27N3O/c1-4-11(5-2)15-13(17)9-16-7-6-10(3)12(16)8-14/h10-12H,4-9,14H2,1-3H3,(H,15,17). The Hall–Kier alpha value is -0.610. The summed E-state index contributed by atoms with van der Waals surface area (Å²) in [7, 11) is 0. The third kappa shape index (κ3) is 3.96. The van der Waals surface area contributed by atoms with E-state index < -0.39 is 0 Å². The Morgan fingerprint density at radius 1 is 1.47 bits per heavy atom. The van der Waals surface area contributed by atoms with Crippen molar-refractivity contribution in [2.75, 3.05) is 19.6 Å². The summed E-state index contributed by atoms with van der Waals surface area (Å²) in [4.78, 5) is 14.1. The second-order valence-corrected chi connectivity index (χ2v) is 5.12. The van der Waals surface area contributed by atoms with Gasteiger partial charge in [0, 0.05) is 18.6 Å². The molecule has 1 heterocycles. The zero-order valence-corrected chi connectivity index (χ0v) is 11.4. The SMILES string of the molecule is CCC(CC)NC(=O)CN1CCC(C)C1CN. The van der Waals surface area contributed by atoms with Gasteiger partial charge < -0.3 is 11.1 Å². The van der Waals surface area contributed by atoms with Crippen molar-refractivity contribution >= 4 is 5.91 Å². The minimum atomic E-state index is 0.145. The Bertz CT molecular complexity index is 241. The third-order valence-electron chi connectivity index (χ3n) is 3.94. The maximum Gasteiger partial charge on any atom is 0.234 e. The van der Waals surface area contributed by atoms with Crippen molar-refractivity contribution in [2.45, 2.75) is 52.1 Å². The molecule has 1 fully saturated rings. The number of likely N-dealkylation sites (tertiary alicyclic amines) is 1. The van der Waals surface area contributed by atoms with E-state index in [4.69, 9.17) is 5.73 Å². The van der Waals surface area contributed by atoms with Crippen LogP contribution in [0.4, 0.5) is 0 Å². The summed E-state index contributed by atoms with van der Waals surface area (Å²) >= 11 is 0. The molecule has 4 nitrogen and oxygen atoms in total. The normalized spacial score (nSPS) is 25.5. The van der Waals surface area contributed by atoms with Crippen LogP contribution in [0.5, 0.6) is 0 Å². The largest absolute Gasteiger partial charge is 0.352 e. The smallest absolute Gasteiger partial charge is 0.234 e. The topological polar surface area (TPSA) is 58.4 Å². The molecule has 0 bridgehead atoms. The maximum atomic E-state index is 11.9. The summed E-state index contributed by atoms with van der Waals surface area (Å²) < 4.78 is 0. The summed E-state index contributed by atoms with van der Waals surface area (Å²) in [5.74, 6) is 0.757. The Kier molecular flexibility index (Phi) is 5.92. The van der Waals surface area contributed by atoms with E-state index in [-0.39, 0.29) is 5.91 Å². The van der Waals surface area contributed by atoms with Gasteiger partial charge in [-0.3, -0.25) is 9.69 Å². The van der Waals surface area contributed by atoms with Gasteiger partial charge >= 0.3 is 0 Å². The lowest BCUT2D eigenvalue weighted by molar-refractivity contribution is -0.123. The lowest BCUT2D eigenvalue weighted by atomic mass is 10.0. The van der Waals surface area contributed by atoms with Crippen LogP contribution < -0.4 is 11.1 Å². The number of hydrogen-bond acceptors (Lipinski definition) is 3. The van der Waals surface area contributed by atoms with Crippen molar-refractivity contribution < 1.29 is 4.79 Å². The molecule has 0 aromatic heterocycles. The first-order chi connectivity index (χ1) is 8.12. The Morgan fingerprint density at radius 3 is 2.65 bits per heavy atom. The number of rotatable bonds is 6. The number of hydrogen-bond donors (Lipinski definition) is 2. The van der Waals surface area contributed by atoms with Gasteiger partial charge in [0.25, 0.3) is 0 Å². The van der Waals surface area contributed by atoms with E-state index in [2.05, 4.69) is 31.0 Å². The fourth-order valence-electron chi connectivity index (χ4n) is 2.62. The molecule has 4 heteroatoms. The van der Waals surface area contributed by atoms with Gasteiger partial charge in [-0.05, 0) is 31.7 Å². The Labute approximate surface area is 105 Å². The van der Waals surface area contributed by atoms with Crippen LogP contribution in [0.2, 0.25) is 0 Å². The van der Waals surface area contributed by atoms with Crippen LogP contribution in [-0.4, -0.2) is 42.5 Å². The highest BCUT2D eigenvalue weighted by molar-refractivity contribution is 5.78. The van der Waals surface area contributed by atoms with Crippen molar-refractivity contribution in [3.63, 3.8) is 0 Å². The highest BCUT2D eigenvalue weighted by Crippen LogP contribution is 2.22. The lowest BCUT2D eigenvalue weighted by Crippen LogP contribution is -2.46.